The van der Waals surface area contributed by atoms with E-state index in [1.165, 1.54) is 0 Å². The molecule has 178 valence electrons. The Morgan fingerprint density at radius 2 is 1.81 bits per heavy atom. The van der Waals surface area contributed by atoms with Crippen molar-refractivity contribution in [3.63, 3.8) is 0 Å². The van der Waals surface area contributed by atoms with Gasteiger partial charge < -0.3 is 18.6 Å². The maximum atomic E-state index is 13.2. The third-order valence-corrected chi connectivity index (χ3v) is 7.24. The molecule has 1 aromatic carbocycles. The molecule has 1 aliphatic heterocycles. The Kier molecular flexibility index (Phi) is 7.41. The van der Waals surface area contributed by atoms with E-state index >= 15 is 0 Å². The number of rotatable bonds is 6. The minimum atomic E-state index is -4.18. The number of piperidine rings is 1. The maximum absolute atomic E-state index is 13.2. The third-order valence-electron chi connectivity index (χ3n) is 5.67. The zero-order valence-electron chi connectivity index (χ0n) is 19.1. The standard InChI is InChI=1S/C23H31F3N2O3S/c1-15-6-9-20(31-15)21(27-32(29)22(2,3)4)18-8-7-17(30-5)14-19(18)28-12-10-16(11-13-28)23(24,25)26/h6-9,14,16,21,27H,10-13H2,1-5H3. The Morgan fingerprint density at radius 1 is 1.16 bits per heavy atom. The van der Waals surface area contributed by atoms with Crippen molar-refractivity contribution in [1.29, 1.82) is 0 Å². The van der Waals surface area contributed by atoms with Crippen LogP contribution in [-0.2, 0) is 11.4 Å². The first-order valence-electron chi connectivity index (χ1n) is 10.6. The van der Waals surface area contributed by atoms with Crippen LogP contribution in [0.4, 0.5) is 18.9 Å². The molecule has 9 heteroatoms. The molecule has 0 bridgehead atoms. The summed E-state index contributed by atoms with van der Waals surface area (Å²) < 4.78 is 66.5. The lowest BCUT2D eigenvalue weighted by Gasteiger charge is -2.36. The van der Waals surface area contributed by atoms with E-state index < -0.39 is 34.2 Å². The van der Waals surface area contributed by atoms with E-state index in [9.17, 15) is 17.7 Å². The van der Waals surface area contributed by atoms with Crippen LogP contribution in [0.3, 0.4) is 0 Å². The number of halogens is 3. The van der Waals surface area contributed by atoms with Crippen LogP contribution in [0.5, 0.6) is 5.75 Å². The summed E-state index contributed by atoms with van der Waals surface area (Å²) in [5.41, 5.74) is 1.53. The molecule has 2 heterocycles. The van der Waals surface area contributed by atoms with Gasteiger partial charge >= 0.3 is 6.18 Å². The summed E-state index contributed by atoms with van der Waals surface area (Å²) in [6, 6.07) is 8.61. The fourth-order valence-corrected chi connectivity index (χ4v) is 4.59. The number of hydrogen-bond acceptors (Lipinski definition) is 5. The number of nitrogens with zero attached hydrogens (tertiary/aromatic N) is 1. The molecule has 0 amide bonds. The van der Waals surface area contributed by atoms with E-state index in [4.69, 9.17) is 9.15 Å². The SMILES string of the molecule is COc1ccc(C(N[S+]([O-])C(C)(C)C)c2ccc(C)o2)c(N2CCC(C(F)(F)F)CC2)c1. The molecule has 0 saturated carbocycles. The number of hydrogen-bond donors (Lipinski definition) is 1. The van der Waals surface area contributed by atoms with Gasteiger partial charge in [-0.1, -0.05) is 6.07 Å². The molecule has 5 nitrogen and oxygen atoms in total. The predicted molar refractivity (Wildman–Crippen MR) is 120 cm³/mol. The molecule has 32 heavy (non-hydrogen) atoms. The van der Waals surface area contributed by atoms with Crippen LogP contribution in [0.1, 0.15) is 56.7 Å². The van der Waals surface area contributed by atoms with E-state index in [0.29, 0.717) is 11.5 Å². The van der Waals surface area contributed by atoms with Crippen LogP contribution in [-0.4, -0.2) is 35.7 Å². The first kappa shape index (κ1) is 24.8. The minimum absolute atomic E-state index is 0.0338. The number of anilines is 1. The second kappa shape index (κ2) is 9.57. The van der Waals surface area contributed by atoms with Crippen LogP contribution in [0, 0.1) is 12.8 Å². The van der Waals surface area contributed by atoms with Crippen molar-refractivity contribution >= 4 is 17.0 Å². The summed E-state index contributed by atoms with van der Waals surface area (Å²) in [5, 5.41) is 0. The molecule has 3 rings (SSSR count). The Labute approximate surface area is 190 Å². The van der Waals surface area contributed by atoms with Crippen molar-refractivity contribution in [3.8, 4) is 5.75 Å². The topological polar surface area (TPSA) is 60.7 Å². The molecule has 1 N–H and O–H groups in total. The molecule has 0 spiro atoms. The zero-order valence-corrected chi connectivity index (χ0v) is 19.9. The number of furan rings is 1. The molecular weight excluding hydrogens is 441 g/mol. The highest BCUT2D eigenvalue weighted by Gasteiger charge is 2.42. The van der Waals surface area contributed by atoms with Crippen LogP contribution in [0.2, 0.25) is 0 Å². The lowest BCUT2D eigenvalue weighted by molar-refractivity contribution is -0.179. The van der Waals surface area contributed by atoms with Crippen molar-refractivity contribution in [2.24, 2.45) is 5.92 Å². The highest BCUT2D eigenvalue weighted by molar-refractivity contribution is 7.90. The summed E-state index contributed by atoms with van der Waals surface area (Å²) in [4.78, 5) is 1.95. The van der Waals surface area contributed by atoms with Crippen LogP contribution >= 0.6 is 0 Å². The van der Waals surface area contributed by atoms with Crippen molar-refractivity contribution in [2.75, 3.05) is 25.1 Å². The van der Waals surface area contributed by atoms with Crippen LogP contribution in [0.25, 0.3) is 0 Å². The van der Waals surface area contributed by atoms with Gasteiger partial charge in [0.1, 0.15) is 28.1 Å². The normalized spacial score (nSPS) is 18.0. The Bertz CT molecular complexity index is 903. The summed E-state index contributed by atoms with van der Waals surface area (Å²) in [6.45, 7) is 8.00. The number of ether oxygens (including phenoxy) is 1. The Balaban J connectivity index is 1.99. The molecule has 2 aromatic rings. The largest absolute Gasteiger partial charge is 0.598 e. The second-order valence-corrected chi connectivity index (χ2v) is 11.1. The Morgan fingerprint density at radius 3 is 2.31 bits per heavy atom. The lowest BCUT2D eigenvalue weighted by Crippen LogP contribution is -2.43. The summed E-state index contributed by atoms with van der Waals surface area (Å²) in [5.74, 6) is 0.627. The quantitative estimate of drug-likeness (QED) is 0.561. The summed E-state index contributed by atoms with van der Waals surface area (Å²) >= 11 is -1.41. The van der Waals surface area contributed by atoms with Crippen molar-refractivity contribution in [3.05, 3.63) is 47.4 Å². The summed E-state index contributed by atoms with van der Waals surface area (Å²) in [6.07, 6.45) is -4.11. The molecular formula is C23H31F3N2O3S. The van der Waals surface area contributed by atoms with Gasteiger partial charge in [0, 0.05) is 41.8 Å². The van der Waals surface area contributed by atoms with Gasteiger partial charge in [0.05, 0.1) is 13.0 Å². The lowest BCUT2D eigenvalue weighted by atomic mass is 9.94. The molecule has 1 fully saturated rings. The number of nitrogens with one attached hydrogen (secondary N) is 1. The third kappa shape index (κ3) is 5.74. The van der Waals surface area contributed by atoms with E-state index in [0.717, 1.165) is 17.0 Å². The molecule has 2 atom stereocenters. The smallest absolute Gasteiger partial charge is 0.391 e. The highest BCUT2D eigenvalue weighted by atomic mass is 32.2. The van der Waals surface area contributed by atoms with E-state index in [1.54, 1.807) is 13.2 Å². The second-order valence-electron chi connectivity index (χ2n) is 9.11. The van der Waals surface area contributed by atoms with Crippen LogP contribution in [0.15, 0.2) is 34.7 Å². The summed E-state index contributed by atoms with van der Waals surface area (Å²) in [7, 11) is 1.55. The molecule has 1 aliphatic rings. The van der Waals surface area contributed by atoms with Gasteiger partial charge in [0.25, 0.3) is 0 Å². The first-order valence-corrected chi connectivity index (χ1v) is 11.8. The number of aryl methyl sites for hydroxylation is 1. The zero-order chi connectivity index (χ0) is 23.7. The predicted octanol–water partition coefficient (Wildman–Crippen LogP) is 5.52. The van der Waals surface area contributed by atoms with Gasteiger partial charge in [-0.15, -0.1) is 4.72 Å². The average molecular weight is 473 g/mol. The minimum Gasteiger partial charge on any atom is -0.598 e. The number of methoxy groups -OCH3 is 1. The van der Waals surface area contributed by atoms with E-state index in [1.807, 2.05) is 56.9 Å². The number of alkyl halides is 3. The Hall–Kier alpha value is -1.84. The van der Waals surface area contributed by atoms with E-state index in [-0.39, 0.29) is 25.9 Å². The van der Waals surface area contributed by atoms with Gasteiger partial charge in [-0.05, 0) is 58.7 Å². The van der Waals surface area contributed by atoms with Gasteiger partial charge in [-0.2, -0.15) is 13.2 Å². The number of benzene rings is 1. The van der Waals surface area contributed by atoms with Gasteiger partial charge in [-0.3, -0.25) is 0 Å². The van der Waals surface area contributed by atoms with Crippen molar-refractivity contribution in [2.45, 2.75) is 57.5 Å². The molecule has 1 aromatic heterocycles. The van der Waals surface area contributed by atoms with E-state index in [2.05, 4.69) is 4.72 Å². The monoisotopic (exact) mass is 472 g/mol. The highest BCUT2D eigenvalue weighted by Crippen LogP contribution is 2.40. The van der Waals surface area contributed by atoms with Crippen LogP contribution < -0.4 is 14.4 Å². The molecule has 0 radical (unpaired) electrons. The molecule has 1 saturated heterocycles. The fourth-order valence-electron chi connectivity index (χ4n) is 3.78. The molecule has 2 unspecified atom stereocenters. The average Bonchev–Trinajstić information content (AvgIpc) is 3.16. The van der Waals surface area contributed by atoms with Gasteiger partial charge in [-0.25, -0.2) is 0 Å². The molecule has 0 aliphatic carbocycles. The van der Waals surface area contributed by atoms with Gasteiger partial charge in [0.15, 0.2) is 0 Å². The van der Waals surface area contributed by atoms with Crippen molar-refractivity contribution < 1.29 is 26.9 Å². The van der Waals surface area contributed by atoms with Gasteiger partial charge in [0.2, 0.25) is 0 Å². The van der Waals surface area contributed by atoms with Crippen molar-refractivity contribution in [1.82, 2.24) is 4.72 Å². The first-order chi connectivity index (χ1) is 14.9. The fraction of sp³-hybridized carbons (Fsp3) is 0.565. The maximum Gasteiger partial charge on any atom is 0.391 e.